The summed E-state index contributed by atoms with van der Waals surface area (Å²) in [7, 11) is -4.24. The molecule has 2 aliphatic rings. The summed E-state index contributed by atoms with van der Waals surface area (Å²) in [4.78, 5) is 0. The number of fused-ring (bicyclic) bond motifs is 2. The van der Waals surface area contributed by atoms with E-state index >= 15 is 0 Å². The maximum absolute atomic E-state index is 14.5. The number of hydrogen-bond donors (Lipinski definition) is 0. The Bertz CT molecular complexity index is 1850. The molecule has 1 aromatic heterocycles. The molecule has 0 spiro atoms. The van der Waals surface area contributed by atoms with Gasteiger partial charge in [0.2, 0.25) is 10.0 Å². The van der Waals surface area contributed by atoms with Gasteiger partial charge in [-0.1, -0.05) is 48.9 Å². The molecule has 2 atom stereocenters. The molecule has 0 saturated heterocycles. The van der Waals surface area contributed by atoms with Gasteiger partial charge in [-0.25, -0.2) is 26.2 Å². The van der Waals surface area contributed by atoms with Crippen LogP contribution in [0.5, 0.6) is 0 Å². The Balaban J connectivity index is 1.30. The number of hydrogen-bond acceptors (Lipinski definition) is 3. The Kier molecular flexibility index (Phi) is 8.19. The van der Waals surface area contributed by atoms with E-state index in [9.17, 15) is 30.4 Å². The van der Waals surface area contributed by atoms with E-state index in [-0.39, 0.29) is 36.8 Å². The molecule has 4 aromatic rings. The molecule has 1 heterocycles. The number of halogens is 5. The van der Waals surface area contributed by atoms with Crippen LogP contribution >= 0.6 is 0 Å². The minimum atomic E-state index is -4.71. The molecule has 45 heavy (non-hydrogen) atoms. The third kappa shape index (κ3) is 6.20. The molecule has 0 aliphatic heterocycles. The van der Waals surface area contributed by atoms with Gasteiger partial charge in [0.05, 0.1) is 28.9 Å². The molecule has 1 unspecified atom stereocenters. The summed E-state index contributed by atoms with van der Waals surface area (Å²) >= 11 is 0. The van der Waals surface area contributed by atoms with Crippen molar-refractivity contribution in [2.24, 2.45) is 11.3 Å². The van der Waals surface area contributed by atoms with Crippen LogP contribution in [0.2, 0.25) is 0 Å². The zero-order chi connectivity index (χ0) is 32.0. The number of allylic oxidation sites excluding steroid dienone is 1. The van der Waals surface area contributed by atoms with Crippen molar-refractivity contribution < 1.29 is 30.4 Å². The normalized spacial score (nSPS) is 19.8. The van der Waals surface area contributed by atoms with E-state index in [4.69, 9.17) is 0 Å². The fourth-order valence-corrected chi connectivity index (χ4v) is 8.36. The molecule has 6 rings (SSSR count). The van der Waals surface area contributed by atoms with Crippen LogP contribution in [0.1, 0.15) is 47.7 Å². The lowest BCUT2D eigenvalue weighted by Crippen LogP contribution is -2.42. The second kappa shape index (κ2) is 11.8. The molecular formula is C34H32F5N3O2S. The van der Waals surface area contributed by atoms with Gasteiger partial charge in [-0.05, 0) is 96.2 Å². The Morgan fingerprint density at radius 3 is 2.38 bits per heavy atom. The highest BCUT2D eigenvalue weighted by atomic mass is 32.2. The summed E-state index contributed by atoms with van der Waals surface area (Å²) in [6, 6.07) is 16.8. The van der Waals surface area contributed by atoms with Gasteiger partial charge in [0.1, 0.15) is 11.6 Å². The third-order valence-corrected chi connectivity index (χ3v) is 11.1. The Morgan fingerprint density at radius 2 is 1.67 bits per heavy atom. The quantitative estimate of drug-likeness (QED) is 0.177. The van der Waals surface area contributed by atoms with Crippen molar-refractivity contribution in [2.45, 2.75) is 44.5 Å². The summed E-state index contributed by atoms with van der Waals surface area (Å²) in [5.41, 5.74) is 2.32. The topological polar surface area (TPSA) is 55.2 Å². The van der Waals surface area contributed by atoms with Crippen molar-refractivity contribution in [3.63, 3.8) is 0 Å². The summed E-state index contributed by atoms with van der Waals surface area (Å²) in [5, 5.41) is 4.54. The first-order valence-electron chi connectivity index (χ1n) is 14.8. The molecular weight excluding hydrogens is 609 g/mol. The Morgan fingerprint density at radius 1 is 0.978 bits per heavy atom. The number of sulfonamides is 1. The van der Waals surface area contributed by atoms with Crippen LogP contribution in [0.4, 0.5) is 22.0 Å². The summed E-state index contributed by atoms with van der Waals surface area (Å²) in [5.74, 6) is -1.77. The molecule has 0 radical (unpaired) electrons. The minimum Gasteiger partial charge on any atom is -0.233 e. The monoisotopic (exact) mass is 641 g/mol. The van der Waals surface area contributed by atoms with Crippen LogP contribution in [0, 0.1) is 23.0 Å². The smallest absolute Gasteiger partial charge is 0.233 e. The van der Waals surface area contributed by atoms with Crippen molar-refractivity contribution in [3.8, 4) is 5.69 Å². The van der Waals surface area contributed by atoms with E-state index in [0.29, 0.717) is 24.8 Å². The lowest BCUT2D eigenvalue weighted by atomic mass is 9.70. The molecule has 236 valence electrons. The lowest BCUT2D eigenvalue weighted by molar-refractivity contribution is -0.138. The van der Waals surface area contributed by atoms with Gasteiger partial charge < -0.3 is 0 Å². The van der Waals surface area contributed by atoms with Gasteiger partial charge in [-0.3, -0.25) is 0 Å². The fourth-order valence-electron chi connectivity index (χ4n) is 6.76. The van der Waals surface area contributed by atoms with Crippen LogP contribution in [0.3, 0.4) is 0 Å². The average molecular weight is 642 g/mol. The predicted molar refractivity (Wildman–Crippen MR) is 162 cm³/mol. The second-order valence-electron chi connectivity index (χ2n) is 12.1. The molecule has 1 saturated carbocycles. The fraction of sp³-hybridized carbons (Fsp3) is 0.324. The van der Waals surface area contributed by atoms with E-state index < -0.39 is 38.7 Å². The van der Waals surface area contributed by atoms with Gasteiger partial charge in [-0.2, -0.15) is 18.3 Å². The minimum absolute atomic E-state index is 0.0726. The van der Waals surface area contributed by atoms with Gasteiger partial charge in [-0.15, -0.1) is 0 Å². The molecule has 11 heteroatoms. The number of rotatable bonds is 9. The van der Waals surface area contributed by atoms with E-state index in [1.165, 1.54) is 40.7 Å². The van der Waals surface area contributed by atoms with Crippen LogP contribution in [0.25, 0.3) is 11.8 Å². The largest absolute Gasteiger partial charge is 0.416 e. The van der Waals surface area contributed by atoms with Gasteiger partial charge in [0.25, 0.3) is 0 Å². The van der Waals surface area contributed by atoms with E-state index in [0.717, 1.165) is 28.6 Å². The van der Waals surface area contributed by atoms with Crippen molar-refractivity contribution in [1.29, 1.82) is 0 Å². The second-order valence-corrected chi connectivity index (χ2v) is 14.0. The number of benzene rings is 3. The van der Waals surface area contributed by atoms with Crippen LogP contribution < -0.4 is 0 Å². The van der Waals surface area contributed by atoms with Crippen molar-refractivity contribution in [3.05, 3.63) is 124 Å². The molecule has 0 N–H and O–H groups in total. The van der Waals surface area contributed by atoms with Crippen LogP contribution in [-0.4, -0.2) is 35.6 Å². The zero-order valence-corrected chi connectivity index (χ0v) is 25.4. The summed E-state index contributed by atoms with van der Waals surface area (Å²) in [6.07, 6.45) is 1.21. The van der Waals surface area contributed by atoms with Gasteiger partial charge in [0.15, 0.2) is 0 Å². The van der Waals surface area contributed by atoms with Crippen LogP contribution in [0.15, 0.2) is 84.6 Å². The molecule has 2 aliphatic carbocycles. The maximum atomic E-state index is 14.5. The zero-order valence-electron chi connectivity index (χ0n) is 24.6. The lowest BCUT2D eigenvalue weighted by Gasteiger charge is -2.38. The maximum Gasteiger partial charge on any atom is 0.416 e. The average Bonchev–Trinajstić information content (AvgIpc) is 3.53. The first-order valence-corrected chi connectivity index (χ1v) is 16.4. The van der Waals surface area contributed by atoms with Gasteiger partial charge >= 0.3 is 6.18 Å². The molecule has 5 nitrogen and oxygen atoms in total. The highest BCUT2D eigenvalue weighted by Crippen LogP contribution is 2.53. The predicted octanol–water partition coefficient (Wildman–Crippen LogP) is 7.60. The van der Waals surface area contributed by atoms with E-state index in [2.05, 4.69) is 18.1 Å². The summed E-state index contributed by atoms with van der Waals surface area (Å²) < 4.78 is 100. The SMILES string of the molecule is C[C@]12Cc3cnn(-c4ccc(F)cc4)c3C=C1CCC2CN(CCc1ccccc1F)S(=O)(=O)Cc1ccccc1C(F)(F)F. The molecule has 0 amide bonds. The molecule has 1 fully saturated rings. The van der Waals surface area contributed by atoms with Gasteiger partial charge in [0, 0.05) is 13.1 Å². The first kappa shape index (κ1) is 31.2. The highest BCUT2D eigenvalue weighted by Gasteiger charge is 2.47. The number of nitrogens with zero attached hydrogens (tertiary/aromatic N) is 3. The van der Waals surface area contributed by atoms with E-state index in [1.54, 1.807) is 41.2 Å². The van der Waals surface area contributed by atoms with Crippen molar-refractivity contribution in [2.75, 3.05) is 13.1 Å². The summed E-state index contributed by atoms with van der Waals surface area (Å²) in [6.45, 7) is 2.10. The third-order valence-electron chi connectivity index (χ3n) is 9.29. The molecule has 0 bridgehead atoms. The Hall–Kier alpha value is -3.83. The van der Waals surface area contributed by atoms with E-state index in [1.807, 2.05) is 0 Å². The Labute approximate surface area is 259 Å². The first-order chi connectivity index (χ1) is 21.3. The number of alkyl halides is 3. The highest BCUT2D eigenvalue weighted by molar-refractivity contribution is 7.88. The molecule has 3 aromatic carbocycles. The number of aromatic nitrogens is 2. The van der Waals surface area contributed by atoms with Crippen LogP contribution in [-0.2, 0) is 34.8 Å². The standard InChI is InChI=1S/C34H32F5N3O2S/c1-33-19-25-20-40-42(29-14-12-28(35)13-15-29)32(25)18-26(33)10-11-27(33)21-41(17-16-23-6-3-5-9-31(23)36)45(43,44)22-24-7-2-4-8-30(24)34(37,38)39/h2-9,12-15,18,20,27H,10-11,16-17,19,21-22H2,1H3/t27?,33-/m0/s1. The van der Waals surface area contributed by atoms with Crippen molar-refractivity contribution in [1.82, 2.24) is 14.1 Å². The van der Waals surface area contributed by atoms with Crippen molar-refractivity contribution >= 4 is 16.1 Å².